The van der Waals surface area contributed by atoms with Gasteiger partial charge in [-0.2, -0.15) is 0 Å². The Morgan fingerprint density at radius 2 is 1.74 bits per heavy atom. The van der Waals surface area contributed by atoms with Gasteiger partial charge in [-0.25, -0.2) is 4.79 Å². The number of hydrogen-bond acceptors (Lipinski definition) is 7. The normalized spacial score (nSPS) is 14.5. The predicted octanol–water partition coefficient (Wildman–Crippen LogP) is 4.62. The van der Waals surface area contributed by atoms with Gasteiger partial charge < -0.3 is 14.8 Å². The van der Waals surface area contributed by atoms with Crippen LogP contribution in [0.4, 0.5) is 5.00 Å². The van der Waals surface area contributed by atoms with Crippen LogP contribution in [0.1, 0.15) is 15.9 Å². The Balaban J connectivity index is 1.36. The van der Waals surface area contributed by atoms with E-state index in [-0.39, 0.29) is 12.5 Å². The molecular formula is C26H28ClN3O4S. The fourth-order valence-corrected chi connectivity index (χ4v) is 5.29. The monoisotopic (exact) mass is 513 g/mol. The van der Waals surface area contributed by atoms with Crippen molar-refractivity contribution in [2.45, 2.75) is 6.54 Å². The molecule has 1 aliphatic heterocycles. The molecule has 35 heavy (non-hydrogen) atoms. The number of hydrogen-bond donors (Lipinski definition) is 1. The van der Waals surface area contributed by atoms with E-state index in [0.29, 0.717) is 10.6 Å². The lowest BCUT2D eigenvalue weighted by molar-refractivity contribution is -0.117. The van der Waals surface area contributed by atoms with E-state index in [9.17, 15) is 9.59 Å². The van der Waals surface area contributed by atoms with E-state index in [1.807, 2.05) is 47.8 Å². The molecule has 1 aromatic heterocycles. The van der Waals surface area contributed by atoms with Gasteiger partial charge in [-0.3, -0.25) is 14.6 Å². The number of nitrogens with zero attached hydrogens (tertiary/aromatic N) is 2. The molecule has 0 radical (unpaired) electrons. The molecule has 4 rings (SSSR count). The summed E-state index contributed by atoms with van der Waals surface area (Å²) < 4.78 is 10.2. The van der Waals surface area contributed by atoms with E-state index in [2.05, 4.69) is 21.2 Å². The van der Waals surface area contributed by atoms with Crippen LogP contribution in [0.3, 0.4) is 0 Å². The summed E-state index contributed by atoms with van der Waals surface area (Å²) in [4.78, 5) is 29.9. The topological polar surface area (TPSA) is 71.1 Å². The Labute approximate surface area is 214 Å². The van der Waals surface area contributed by atoms with Crippen molar-refractivity contribution in [1.29, 1.82) is 0 Å². The van der Waals surface area contributed by atoms with Crippen molar-refractivity contribution in [1.82, 2.24) is 9.80 Å². The number of rotatable bonds is 8. The van der Waals surface area contributed by atoms with E-state index < -0.39 is 5.97 Å². The van der Waals surface area contributed by atoms with Crippen LogP contribution in [0.15, 0.2) is 53.9 Å². The highest BCUT2D eigenvalue weighted by atomic mass is 35.5. The Bertz CT molecular complexity index is 1170. The molecule has 0 unspecified atom stereocenters. The minimum atomic E-state index is -0.484. The summed E-state index contributed by atoms with van der Waals surface area (Å²) >= 11 is 7.41. The van der Waals surface area contributed by atoms with Crippen molar-refractivity contribution in [3.05, 3.63) is 70.1 Å². The van der Waals surface area contributed by atoms with Gasteiger partial charge in [0.15, 0.2) is 0 Å². The maximum atomic E-state index is 12.8. The van der Waals surface area contributed by atoms with Crippen LogP contribution in [0.2, 0.25) is 5.02 Å². The maximum absolute atomic E-state index is 12.8. The summed E-state index contributed by atoms with van der Waals surface area (Å²) in [5, 5.41) is 6.02. The third-order valence-electron chi connectivity index (χ3n) is 5.96. The fourth-order valence-electron chi connectivity index (χ4n) is 4.11. The second kappa shape index (κ2) is 11.7. The molecule has 1 aliphatic rings. The molecule has 2 heterocycles. The van der Waals surface area contributed by atoms with Crippen LogP contribution >= 0.6 is 22.9 Å². The summed E-state index contributed by atoms with van der Waals surface area (Å²) in [5.74, 6) is 0.0911. The Hall–Kier alpha value is -2.91. The fraction of sp³-hybridized carbons (Fsp3) is 0.308. The van der Waals surface area contributed by atoms with Gasteiger partial charge in [-0.15, -0.1) is 11.3 Å². The quantitative estimate of drug-likeness (QED) is 0.443. The standard InChI is InChI=1S/C26H28ClN3O4S/c1-33-21-8-6-19(7-9-21)22-17-35-25(24(22)26(32)34-2)28-23(31)16-30-12-10-29(11-13-30)15-18-4-3-5-20(27)14-18/h3-9,14,17H,10-13,15-16H2,1-2H3,(H,28,31). The molecule has 1 N–H and O–H groups in total. The Morgan fingerprint density at radius 1 is 1.03 bits per heavy atom. The zero-order chi connectivity index (χ0) is 24.8. The number of anilines is 1. The van der Waals surface area contributed by atoms with Gasteiger partial charge in [0.2, 0.25) is 5.91 Å². The molecule has 0 aliphatic carbocycles. The smallest absolute Gasteiger partial charge is 0.341 e. The first-order valence-electron chi connectivity index (χ1n) is 11.3. The number of thiophene rings is 1. The highest BCUT2D eigenvalue weighted by molar-refractivity contribution is 7.15. The van der Waals surface area contributed by atoms with Gasteiger partial charge in [0.1, 0.15) is 16.3 Å². The average molecular weight is 514 g/mol. The van der Waals surface area contributed by atoms with Crippen LogP contribution in [-0.2, 0) is 16.1 Å². The number of amides is 1. The number of benzene rings is 2. The minimum absolute atomic E-state index is 0.151. The molecule has 2 aromatic carbocycles. The molecule has 1 amide bonds. The molecule has 0 bridgehead atoms. The number of piperazine rings is 1. The highest BCUT2D eigenvalue weighted by Gasteiger charge is 2.24. The van der Waals surface area contributed by atoms with E-state index in [4.69, 9.17) is 21.1 Å². The number of nitrogens with one attached hydrogen (secondary N) is 1. The van der Waals surface area contributed by atoms with Crippen LogP contribution in [0, 0.1) is 0 Å². The molecule has 3 aromatic rings. The van der Waals surface area contributed by atoms with Crippen molar-refractivity contribution >= 4 is 39.8 Å². The second-order valence-corrected chi connectivity index (χ2v) is 9.62. The first kappa shape index (κ1) is 25.2. The molecule has 7 nitrogen and oxygen atoms in total. The molecular weight excluding hydrogens is 486 g/mol. The van der Waals surface area contributed by atoms with Crippen molar-refractivity contribution in [3.63, 3.8) is 0 Å². The van der Waals surface area contributed by atoms with Crippen molar-refractivity contribution in [2.75, 3.05) is 52.3 Å². The molecule has 1 fully saturated rings. The summed E-state index contributed by atoms with van der Waals surface area (Å²) in [5.41, 5.74) is 3.11. The molecule has 1 saturated heterocycles. The largest absolute Gasteiger partial charge is 0.497 e. The number of esters is 1. The number of carbonyl (C=O) groups is 2. The predicted molar refractivity (Wildman–Crippen MR) is 139 cm³/mol. The summed E-state index contributed by atoms with van der Waals surface area (Å²) in [6.45, 7) is 4.42. The van der Waals surface area contributed by atoms with Crippen molar-refractivity contribution in [3.8, 4) is 16.9 Å². The molecule has 9 heteroatoms. The maximum Gasteiger partial charge on any atom is 0.341 e. The Morgan fingerprint density at radius 3 is 2.40 bits per heavy atom. The SMILES string of the molecule is COC(=O)c1c(-c2ccc(OC)cc2)csc1NC(=O)CN1CCN(Cc2cccc(Cl)c2)CC1. The zero-order valence-electron chi connectivity index (χ0n) is 19.8. The molecule has 184 valence electrons. The van der Waals surface area contributed by atoms with Gasteiger partial charge in [0.25, 0.3) is 0 Å². The van der Waals surface area contributed by atoms with Gasteiger partial charge in [0.05, 0.1) is 20.8 Å². The van der Waals surface area contributed by atoms with Gasteiger partial charge >= 0.3 is 5.97 Å². The number of ether oxygens (including phenoxy) is 2. The van der Waals surface area contributed by atoms with Gasteiger partial charge in [0, 0.05) is 48.7 Å². The number of methoxy groups -OCH3 is 2. The molecule has 0 spiro atoms. The van der Waals surface area contributed by atoms with Crippen molar-refractivity contribution in [2.24, 2.45) is 0 Å². The summed E-state index contributed by atoms with van der Waals surface area (Å²) in [7, 11) is 2.94. The third kappa shape index (κ3) is 6.41. The minimum Gasteiger partial charge on any atom is -0.497 e. The number of halogens is 1. The summed E-state index contributed by atoms with van der Waals surface area (Å²) in [6, 6.07) is 15.3. The molecule has 0 saturated carbocycles. The Kier molecular flexibility index (Phi) is 8.41. The van der Waals surface area contributed by atoms with Gasteiger partial charge in [-0.05, 0) is 35.4 Å². The van der Waals surface area contributed by atoms with Crippen LogP contribution in [0.25, 0.3) is 11.1 Å². The first-order chi connectivity index (χ1) is 17.0. The summed E-state index contributed by atoms with van der Waals surface area (Å²) in [6.07, 6.45) is 0. The van der Waals surface area contributed by atoms with E-state index >= 15 is 0 Å². The highest BCUT2D eigenvalue weighted by Crippen LogP contribution is 2.36. The lowest BCUT2D eigenvalue weighted by Crippen LogP contribution is -2.48. The molecule has 0 atom stereocenters. The third-order valence-corrected chi connectivity index (χ3v) is 7.09. The zero-order valence-corrected chi connectivity index (χ0v) is 21.3. The van der Waals surface area contributed by atoms with Gasteiger partial charge in [-0.1, -0.05) is 35.9 Å². The van der Waals surface area contributed by atoms with Crippen LogP contribution < -0.4 is 10.1 Å². The van der Waals surface area contributed by atoms with Crippen LogP contribution in [0.5, 0.6) is 5.75 Å². The number of carbonyl (C=O) groups excluding carboxylic acids is 2. The van der Waals surface area contributed by atoms with Crippen LogP contribution in [-0.4, -0.2) is 68.6 Å². The second-order valence-electron chi connectivity index (χ2n) is 8.30. The lowest BCUT2D eigenvalue weighted by Gasteiger charge is -2.34. The lowest BCUT2D eigenvalue weighted by atomic mass is 10.0. The first-order valence-corrected chi connectivity index (χ1v) is 12.6. The van der Waals surface area contributed by atoms with Crippen molar-refractivity contribution < 1.29 is 19.1 Å². The van der Waals surface area contributed by atoms with E-state index in [1.165, 1.54) is 24.0 Å². The van der Waals surface area contributed by atoms with E-state index in [0.717, 1.165) is 54.6 Å². The van der Waals surface area contributed by atoms with E-state index in [1.54, 1.807) is 7.11 Å². The average Bonchev–Trinajstić information content (AvgIpc) is 3.28.